The highest BCUT2D eigenvalue weighted by Crippen LogP contribution is 2.17. The van der Waals surface area contributed by atoms with E-state index in [4.69, 9.17) is 0 Å². The molecule has 1 heteroatoms. The second-order valence-corrected chi connectivity index (χ2v) is 3.74. The Morgan fingerprint density at radius 2 is 2.00 bits per heavy atom. The largest absolute Gasteiger partial charge is 0.316 e. The molecule has 1 N–H and O–H groups in total. The average Bonchev–Trinajstić information content (AvgIpc) is 2.18. The molecule has 0 aliphatic rings. The SMILES string of the molecule is CNC/C=C(\C)c1ccc(C)c(C)c1. The van der Waals surface area contributed by atoms with Gasteiger partial charge in [-0.25, -0.2) is 0 Å². The van der Waals surface area contributed by atoms with E-state index in [0.717, 1.165) is 6.54 Å². The van der Waals surface area contributed by atoms with Crippen molar-refractivity contribution < 1.29 is 0 Å². The lowest BCUT2D eigenvalue weighted by Crippen LogP contribution is -2.04. The number of rotatable bonds is 3. The fraction of sp³-hybridized carbons (Fsp3) is 0.385. The smallest absolute Gasteiger partial charge is 0.0137 e. The highest BCUT2D eigenvalue weighted by atomic mass is 14.8. The van der Waals surface area contributed by atoms with Crippen molar-refractivity contribution in [2.75, 3.05) is 13.6 Å². The van der Waals surface area contributed by atoms with E-state index < -0.39 is 0 Å². The van der Waals surface area contributed by atoms with Crippen molar-refractivity contribution in [2.45, 2.75) is 20.8 Å². The Kier molecular flexibility index (Phi) is 3.90. The number of allylic oxidation sites excluding steroid dienone is 1. The molecule has 14 heavy (non-hydrogen) atoms. The van der Waals surface area contributed by atoms with Crippen LogP contribution in [0.1, 0.15) is 23.6 Å². The van der Waals surface area contributed by atoms with Crippen LogP contribution in [0.25, 0.3) is 5.57 Å². The lowest BCUT2D eigenvalue weighted by Gasteiger charge is -2.05. The number of hydrogen-bond acceptors (Lipinski definition) is 1. The van der Waals surface area contributed by atoms with Gasteiger partial charge in [0.2, 0.25) is 0 Å². The Morgan fingerprint density at radius 1 is 1.29 bits per heavy atom. The van der Waals surface area contributed by atoms with E-state index in [1.807, 2.05) is 7.05 Å². The average molecular weight is 189 g/mol. The van der Waals surface area contributed by atoms with Gasteiger partial charge in [0, 0.05) is 6.54 Å². The molecule has 0 aromatic heterocycles. The van der Waals surface area contributed by atoms with Crippen LogP contribution < -0.4 is 5.32 Å². The summed E-state index contributed by atoms with van der Waals surface area (Å²) in [6.07, 6.45) is 2.21. The summed E-state index contributed by atoms with van der Waals surface area (Å²) < 4.78 is 0. The van der Waals surface area contributed by atoms with Gasteiger partial charge in [-0.1, -0.05) is 24.3 Å². The van der Waals surface area contributed by atoms with Gasteiger partial charge in [-0.05, 0) is 50.1 Å². The molecule has 0 aliphatic carbocycles. The molecule has 0 bridgehead atoms. The third-order valence-corrected chi connectivity index (χ3v) is 2.57. The molecule has 0 aliphatic heterocycles. The van der Waals surface area contributed by atoms with Gasteiger partial charge in [0.1, 0.15) is 0 Å². The number of likely N-dealkylation sites (N-methyl/N-ethyl adjacent to an activating group) is 1. The second kappa shape index (κ2) is 4.97. The molecule has 0 amide bonds. The van der Waals surface area contributed by atoms with Crippen LogP contribution in [0.4, 0.5) is 0 Å². The minimum atomic E-state index is 0.929. The first-order valence-corrected chi connectivity index (χ1v) is 5.04. The second-order valence-electron chi connectivity index (χ2n) is 3.74. The Bertz CT molecular complexity index is 337. The van der Waals surface area contributed by atoms with Gasteiger partial charge in [0.15, 0.2) is 0 Å². The van der Waals surface area contributed by atoms with Crippen molar-refractivity contribution in [3.05, 3.63) is 41.0 Å². The van der Waals surface area contributed by atoms with Gasteiger partial charge in [-0.2, -0.15) is 0 Å². The summed E-state index contributed by atoms with van der Waals surface area (Å²) in [5, 5.41) is 3.12. The minimum absolute atomic E-state index is 0.929. The zero-order valence-electron chi connectivity index (χ0n) is 9.52. The van der Waals surface area contributed by atoms with Gasteiger partial charge < -0.3 is 5.32 Å². The van der Waals surface area contributed by atoms with Crippen LogP contribution in [0.15, 0.2) is 24.3 Å². The fourth-order valence-electron chi connectivity index (χ4n) is 1.36. The highest BCUT2D eigenvalue weighted by Gasteiger charge is 1.97. The first-order valence-electron chi connectivity index (χ1n) is 5.04. The zero-order chi connectivity index (χ0) is 10.6. The molecule has 0 heterocycles. The molecule has 0 saturated carbocycles. The van der Waals surface area contributed by atoms with Gasteiger partial charge in [-0.3, -0.25) is 0 Å². The number of hydrogen-bond donors (Lipinski definition) is 1. The summed E-state index contributed by atoms with van der Waals surface area (Å²) in [6, 6.07) is 6.61. The van der Waals surface area contributed by atoms with E-state index in [9.17, 15) is 0 Å². The first-order chi connectivity index (χ1) is 6.65. The highest BCUT2D eigenvalue weighted by molar-refractivity contribution is 5.64. The quantitative estimate of drug-likeness (QED) is 0.771. The normalized spacial score (nSPS) is 11.9. The summed E-state index contributed by atoms with van der Waals surface area (Å²) in [6.45, 7) is 7.39. The lowest BCUT2D eigenvalue weighted by atomic mass is 10.0. The van der Waals surface area contributed by atoms with E-state index in [0.29, 0.717) is 0 Å². The van der Waals surface area contributed by atoms with Crippen LogP contribution in [0, 0.1) is 13.8 Å². The summed E-state index contributed by atoms with van der Waals surface area (Å²) >= 11 is 0. The summed E-state index contributed by atoms with van der Waals surface area (Å²) in [5.74, 6) is 0. The Morgan fingerprint density at radius 3 is 2.57 bits per heavy atom. The molecule has 0 atom stereocenters. The predicted octanol–water partition coefficient (Wildman–Crippen LogP) is 2.93. The van der Waals surface area contributed by atoms with Crippen LogP contribution >= 0.6 is 0 Å². The van der Waals surface area contributed by atoms with Crippen molar-refractivity contribution in [3.8, 4) is 0 Å². The molecular formula is C13H19N. The number of nitrogens with one attached hydrogen (secondary N) is 1. The third kappa shape index (κ3) is 2.71. The molecule has 0 radical (unpaired) electrons. The van der Waals surface area contributed by atoms with Crippen LogP contribution in [0.3, 0.4) is 0 Å². The molecule has 0 spiro atoms. The van der Waals surface area contributed by atoms with E-state index in [1.165, 1.54) is 22.3 Å². The van der Waals surface area contributed by atoms with Crippen molar-refractivity contribution in [3.63, 3.8) is 0 Å². The minimum Gasteiger partial charge on any atom is -0.316 e. The Balaban J connectivity index is 2.91. The first kappa shape index (κ1) is 11.0. The summed E-state index contributed by atoms with van der Waals surface area (Å²) in [7, 11) is 1.96. The lowest BCUT2D eigenvalue weighted by molar-refractivity contribution is 0.920. The summed E-state index contributed by atoms with van der Waals surface area (Å²) in [5.41, 5.74) is 5.38. The topological polar surface area (TPSA) is 12.0 Å². The third-order valence-electron chi connectivity index (χ3n) is 2.57. The van der Waals surface area contributed by atoms with E-state index >= 15 is 0 Å². The maximum atomic E-state index is 3.12. The molecule has 0 saturated heterocycles. The van der Waals surface area contributed by atoms with Crippen LogP contribution in [-0.4, -0.2) is 13.6 Å². The molecular weight excluding hydrogens is 170 g/mol. The van der Waals surface area contributed by atoms with Crippen LogP contribution in [0.2, 0.25) is 0 Å². The predicted molar refractivity (Wildman–Crippen MR) is 63.5 cm³/mol. The van der Waals surface area contributed by atoms with Crippen LogP contribution in [0.5, 0.6) is 0 Å². The molecule has 1 aromatic carbocycles. The number of benzene rings is 1. The Labute approximate surface area is 86.8 Å². The van der Waals surface area contributed by atoms with Crippen molar-refractivity contribution in [1.29, 1.82) is 0 Å². The van der Waals surface area contributed by atoms with Gasteiger partial charge in [-0.15, -0.1) is 0 Å². The van der Waals surface area contributed by atoms with E-state index in [2.05, 4.69) is 50.4 Å². The van der Waals surface area contributed by atoms with Crippen molar-refractivity contribution >= 4 is 5.57 Å². The van der Waals surface area contributed by atoms with Crippen molar-refractivity contribution in [2.24, 2.45) is 0 Å². The molecule has 0 fully saturated rings. The maximum absolute atomic E-state index is 3.12. The van der Waals surface area contributed by atoms with Gasteiger partial charge in [0.05, 0.1) is 0 Å². The zero-order valence-corrected chi connectivity index (χ0v) is 9.52. The van der Waals surface area contributed by atoms with E-state index in [1.54, 1.807) is 0 Å². The van der Waals surface area contributed by atoms with Crippen molar-refractivity contribution in [1.82, 2.24) is 5.32 Å². The molecule has 76 valence electrons. The van der Waals surface area contributed by atoms with Crippen LogP contribution in [-0.2, 0) is 0 Å². The monoisotopic (exact) mass is 189 g/mol. The van der Waals surface area contributed by atoms with Gasteiger partial charge in [0.25, 0.3) is 0 Å². The maximum Gasteiger partial charge on any atom is 0.0137 e. The molecule has 0 unspecified atom stereocenters. The Hall–Kier alpha value is -1.08. The molecule has 1 nitrogen and oxygen atoms in total. The van der Waals surface area contributed by atoms with Gasteiger partial charge >= 0.3 is 0 Å². The van der Waals surface area contributed by atoms with E-state index in [-0.39, 0.29) is 0 Å². The number of aryl methyl sites for hydroxylation is 2. The standard InChI is InChI=1S/C13H19N/c1-10-5-6-13(9-12(10)3)11(2)7-8-14-4/h5-7,9,14H,8H2,1-4H3/b11-7+. The molecule has 1 rings (SSSR count). The molecule has 1 aromatic rings. The fourth-order valence-corrected chi connectivity index (χ4v) is 1.36. The summed E-state index contributed by atoms with van der Waals surface area (Å²) in [4.78, 5) is 0.